The van der Waals surface area contributed by atoms with Crippen LogP contribution < -0.4 is 0 Å². The number of carboxylic acid groups (broad SMARTS) is 1. The number of carboxylic acids is 1. The van der Waals surface area contributed by atoms with Crippen molar-refractivity contribution in [3.63, 3.8) is 0 Å². The predicted octanol–water partition coefficient (Wildman–Crippen LogP) is 2.80. The van der Waals surface area contributed by atoms with Gasteiger partial charge in [0.15, 0.2) is 4.34 Å². The summed E-state index contributed by atoms with van der Waals surface area (Å²) in [6, 6.07) is 0. The average Bonchev–Trinajstić information content (AvgIpc) is 2.42. The molecule has 0 saturated carbocycles. The lowest BCUT2D eigenvalue weighted by Gasteiger charge is -2.02. The number of hydrogen-bond acceptors (Lipinski definition) is 4. The van der Waals surface area contributed by atoms with E-state index in [4.69, 9.17) is 5.11 Å². The van der Waals surface area contributed by atoms with Crippen molar-refractivity contribution in [3.8, 4) is 0 Å². The summed E-state index contributed by atoms with van der Waals surface area (Å²) in [5.74, 6) is -2.22. The minimum absolute atomic E-state index is 0.0142. The van der Waals surface area contributed by atoms with Crippen molar-refractivity contribution in [3.05, 3.63) is 10.6 Å². The Hall–Kier alpha value is -0.760. The summed E-state index contributed by atoms with van der Waals surface area (Å²) >= 11 is 1.26. The lowest BCUT2D eigenvalue weighted by Crippen LogP contribution is -2.10. The van der Waals surface area contributed by atoms with E-state index in [1.807, 2.05) is 0 Å². The van der Waals surface area contributed by atoms with Crippen LogP contribution in [0.2, 0.25) is 0 Å². The molecule has 1 N–H and O–H groups in total. The van der Waals surface area contributed by atoms with Crippen molar-refractivity contribution in [2.45, 2.75) is 17.4 Å². The van der Waals surface area contributed by atoms with E-state index in [1.54, 1.807) is 0 Å². The molecule has 1 aromatic rings. The van der Waals surface area contributed by atoms with Crippen LogP contribution in [-0.2, 0) is 0 Å². The van der Waals surface area contributed by atoms with Gasteiger partial charge in [-0.1, -0.05) is 11.8 Å². The first-order chi connectivity index (χ1) is 6.79. The Bertz CT molecular complexity index is 375. The van der Waals surface area contributed by atoms with Gasteiger partial charge in [0.1, 0.15) is 4.88 Å². The van der Waals surface area contributed by atoms with Gasteiger partial charge in [0.05, 0.1) is 11.4 Å². The van der Waals surface area contributed by atoms with Crippen LogP contribution in [0.3, 0.4) is 0 Å². The fourth-order valence-corrected chi connectivity index (χ4v) is 2.56. The SMILES string of the molecule is Cc1nc(SCC(F)(F)F)sc1C(=O)O. The molecule has 0 unspecified atom stereocenters. The molecule has 0 aromatic carbocycles. The highest BCUT2D eigenvalue weighted by atomic mass is 32.2. The Labute approximate surface area is 91.3 Å². The molecule has 0 aliphatic heterocycles. The Morgan fingerprint density at radius 1 is 1.60 bits per heavy atom. The third-order valence-electron chi connectivity index (χ3n) is 1.33. The number of nitrogens with zero attached hydrogens (tertiary/aromatic N) is 1. The third-order valence-corrected chi connectivity index (χ3v) is 3.68. The molecule has 1 aromatic heterocycles. The van der Waals surface area contributed by atoms with Crippen LogP contribution in [0.25, 0.3) is 0 Å². The average molecular weight is 257 g/mol. The van der Waals surface area contributed by atoms with Crippen LogP contribution in [0.5, 0.6) is 0 Å². The molecule has 0 aliphatic carbocycles. The second-order valence-electron chi connectivity index (χ2n) is 2.60. The highest BCUT2D eigenvalue weighted by Gasteiger charge is 2.28. The molecule has 1 rings (SSSR count). The molecule has 0 aliphatic rings. The minimum atomic E-state index is -4.27. The van der Waals surface area contributed by atoms with Crippen LogP contribution in [0.1, 0.15) is 15.4 Å². The quantitative estimate of drug-likeness (QED) is 0.846. The molecule has 0 fully saturated rings. The Morgan fingerprint density at radius 3 is 2.60 bits per heavy atom. The summed E-state index contributed by atoms with van der Waals surface area (Å²) in [4.78, 5) is 14.3. The maximum Gasteiger partial charge on any atom is 0.398 e. The molecule has 84 valence electrons. The van der Waals surface area contributed by atoms with Gasteiger partial charge in [-0.3, -0.25) is 0 Å². The van der Waals surface area contributed by atoms with E-state index in [2.05, 4.69) is 4.98 Å². The first kappa shape index (κ1) is 12.3. The van der Waals surface area contributed by atoms with Crippen molar-refractivity contribution < 1.29 is 23.1 Å². The Morgan fingerprint density at radius 2 is 2.20 bits per heavy atom. The number of carbonyl (C=O) groups is 1. The number of halogens is 3. The van der Waals surface area contributed by atoms with Crippen molar-refractivity contribution in [2.75, 3.05) is 5.75 Å². The van der Waals surface area contributed by atoms with Crippen LogP contribution in [0.15, 0.2) is 4.34 Å². The summed E-state index contributed by atoms with van der Waals surface area (Å²) in [7, 11) is 0. The summed E-state index contributed by atoms with van der Waals surface area (Å²) in [5.41, 5.74) is 0.247. The molecule has 0 saturated heterocycles. The molecule has 0 radical (unpaired) electrons. The molecule has 8 heteroatoms. The standard InChI is InChI=1S/C7H6F3NO2S2/c1-3-4(5(12)13)15-6(11-3)14-2-7(8,9)10/h2H2,1H3,(H,12,13). The van der Waals surface area contributed by atoms with E-state index in [9.17, 15) is 18.0 Å². The molecule has 0 amide bonds. The Kier molecular flexibility index (Phi) is 3.61. The van der Waals surface area contributed by atoms with Crippen LogP contribution >= 0.6 is 23.1 Å². The van der Waals surface area contributed by atoms with Gasteiger partial charge in [-0.05, 0) is 6.92 Å². The predicted molar refractivity (Wildman–Crippen MR) is 50.6 cm³/mol. The zero-order valence-electron chi connectivity index (χ0n) is 7.46. The van der Waals surface area contributed by atoms with E-state index < -0.39 is 17.9 Å². The highest BCUT2D eigenvalue weighted by molar-refractivity contribution is 8.01. The molecule has 0 bridgehead atoms. The fraction of sp³-hybridized carbons (Fsp3) is 0.429. The van der Waals surface area contributed by atoms with Crippen molar-refractivity contribution in [1.29, 1.82) is 0 Å². The van der Waals surface area contributed by atoms with Crippen molar-refractivity contribution in [1.82, 2.24) is 4.98 Å². The number of thiazole rings is 1. The maximum atomic E-state index is 11.8. The first-order valence-electron chi connectivity index (χ1n) is 3.70. The second-order valence-corrected chi connectivity index (χ2v) is 4.82. The van der Waals surface area contributed by atoms with E-state index >= 15 is 0 Å². The van der Waals surface area contributed by atoms with Crippen LogP contribution in [0.4, 0.5) is 13.2 Å². The number of aromatic nitrogens is 1. The largest absolute Gasteiger partial charge is 0.477 e. The van der Waals surface area contributed by atoms with E-state index in [1.165, 1.54) is 6.92 Å². The lowest BCUT2D eigenvalue weighted by atomic mass is 10.4. The molecular weight excluding hydrogens is 251 g/mol. The van der Waals surface area contributed by atoms with Gasteiger partial charge in [-0.2, -0.15) is 13.2 Å². The van der Waals surface area contributed by atoms with Gasteiger partial charge in [0.25, 0.3) is 0 Å². The zero-order valence-corrected chi connectivity index (χ0v) is 9.09. The first-order valence-corrected chi connectivity index (χ1v) is 5.50. The van der Waals surface area contributed by atoms with Gasteiger partial charge in [0.2, 0.25) is 0 Å². The number of alkyl halides is 3. The van der Waals surface area contributed by atoms with Crippen molar-refractivity contribution in [2.24, 2.45) is 0 Å². The molecular formula is C7H6F3NO2S2. The van der Waals surface area contributed by atoms with Crippen LogP contribution in [0, 0.1) is 6.92 Å². The second kappa shape index (κ2) is 4.40. The fourth-order valence-electron chi connectivity index (χ4n) is 0.775. The summed E-state index contributed by atoms with van der Waals surface area (Å²) in [6.45, 7) is 1.46. The number of aromatic carboxylic acids is 1. The summed E-state index contributed by atoms with van der Waals surface area (Å²) in [6.07, 6.45) is -4.27. The molecule has 3 nitrogen and oxygen atoms in total. The van der Waals surface area contributed by atoms with Gasteiger partial charge in [0, 0.05) is 0 Å². The minimum Gasteiger partial charge on any atom is -0.477 e. The topological polar surface area (TPSA) is 50.2 Å². The number of rotatable bonds is 3. The smallest absolute Gasteiger partial charge is 0.398 e. The van der Waals surface area contributed by atoms with E-state index in [-0.39, 0.29) is 14.9 Å². The maximum absolute atomic E-state index is 11.8. The molecule has 0 atom stereocenters. The molecule has 1 heterocycles. The molecule has 0 spiro atoms. The van der Waals surface area contributed by atoms with Gasteiger partial charge in [-0.25, -0.2) is 9.78 Å². The van der Waals surface area contributed by atoms with Gasteiger partial charge < -0.3 is 5.11 Å². The third kappa shape index (κ3) is 3.71. The number of aryl methyl sites for hydroxylation is 1. The van der Waals surface area contributed by atoms with Crippen LogP contribution in [-0.4, -0.2) is 28.0 Å². The van der Waals surface area contributed by atoms with Gasteiger partial charge >= 0.3 is 12.1 Å². The van der Waals surface area contributed by atoms with Gasteiger partial charge in [-0.15, -0.1) is 11.3 Å². The zero-order chi connectivity index (χ0) is 11.6. The molecule has 15 heavy (non-hydrogen) atoms. The number of thioether (sulfide) groups is 1. The van der Waals surface area contributed by atoms with E-state index in [0.717, 1.165) is 11.3 Å². The highest BCUT2D eigenvalue weighted by Crippen LogP contribution is 2.31. The summed E-state index contributed by atoms with van der Waals surface area (Å²) < 4.78 is 35.7. The normalized spacial score (nSPS) is 11.7. The number of hydrogen-bond donors (Lipinski definition) is 1. The Balaban J connectivity index is 2.72. The monoisotopic (exact) mass is 257 g/mol. The van der Waals surface area contributed by atoms with Crippen molar-refractivity contribution >= 4 is 29.1 Å². The lowest BCUT2D eigenvalue weighted by molar-refractivity contribution is -0.105. The van der Waals surface area contributed by atoms with E-state index in [0.29, 0.717) is 11.8 Å². The summed E-state index contributed by atoms with van der Waals surface area (Å²) in [5, 5.41) is 8.65.